The molecule has 2 aliphatic rings. The van der Waals surface area contributed by atoms with Gasteiger partial charge in [0.25, 0.3) is 0 Å². The Morgan fingerprint density at radius 1 is 1.57 bits per heavy atom. The summed E-state index contributed by atoms with van der Waals surface area (Å²) in [6.45, 7) is 4.31. The summed E-state index contributed by atoms with van der Waals surface area (Å²) in [5, 5.41) is 0. The maximum Gasteiger partial charge on any atom is -0.00901 e. The van der Waals surface area contributed by atoms with Crippen LogP contribution in [0.4, 0.5) is 0 Å². The Kier molecular flexibility index (Phi) is 2.72. The van der Waals surface area contributed by atoms with E-state index in [1.54, 1.807) is 5.57 Å². The lowest BCUT2D eigenvalue weighted by atomic mass is 9.94. The van der Waals surface area contributed by atoms with Crippen LogP contribution in [0.1, 0.15) is 26.7 Å². The lowest BCUT2D eigenvalue weighted by Gasteiger charge is -2.11. The molecule has 1 saturated carbocycles. The van der Waals surface area contributed by atoms with Gasteiger partial charge in [0, 0.05) is 0 Å². The SMILES string of the molecule is C/C=C\C=C(/CC)C1=CC=C[C@H]2CC12. The van der Waals surface area contributed by atoms with Gasteiger partial charge in [-0.25, -0.2) is 0 Å². The minimum absolute atomic E-state index is 0.844. The van der Waals surface area contributed by atoms with Crippen molar-refractivity contribution < 1.29 is 0 Å². The molecular weight excluding hydrogens is 168 g/mol. The number of hydrogen-bond acceptors (Lipinski definition) is 0. The van der Waals surface area contributed by atoms with Gasteiger partial charge in [-0.2, -0.15) is 0 Å². The molecule has 0 spiro atoms. The number of fused-ring (bicyclic) bond motifs is 1. The van der Waals surface area contributed by atoms with Crippen LogP contribution in [0.2, 0.25) is 0 Å². The smallest absolute Gasteiger partial charge is 0.00901 e. The van der Waals surface area contributed by atoms with Crippen molar-refractivity contribution in [1.29, 1.82) is 0 Å². The third-order valence-corrected chi connectivity index (χ3v) is 3.11. The van der Waals surface area contributed by atoms with Crippen LogP contribution in [0.15, 0.2) is 47.6 Å². The Labute approximate surface area is 86.7 Å². The molecule has 0 amide bonds. The van der Waals surface area contributed by atoms with Crippen LogP contribution in [0.3, 0.4) is 0 Å². The average Bonchev–Trinajstić information content (AvgIpc) is 2.98. The standard InChI is InChI=1S/C14H18/c1-3-5-7-11(4-2)13-9-6-8-12-10-14(12)13/h3,5-9,12,14H,4,10H2,1-2H3/b5-3-,11-7+/t12-,14?/m0/s1. The number of hydrogen-bond donors (Lipinski definition) is 0. The van der Waals surface area contributed by atoms with Crippen LogP contribution in [0, 0.1) is 11.8 Å². The molecule has 2 rings (SSSR count). The fourth-order valence-corrected chi connectivity index (χ4v) is 2.19. The van der Waals surface area contributed by atoms with Crippen molar-refractivity contribution in [3.8, 4) is 0 Å². The molecule has 74 valence electrons. The van der Waals surface area contributed by atoms with Crippen LogP contribution in [-0.4, -0.2) is 0 Å². The van der Waals surface area contributed by atoms with E-state index in [9.17, 15) is 0 Å². The van der Waals surface area contributed by atoms with E-state index in [4.69, 9.17) is 0 Å². The predicted octanol–water partition coefficient (Wildman–Crippen LogP) is 4.03. The molecule has 0 aliphatic heterocycles. The van der Waals surface area contributed by atoms with E-state index < -0.39 is 0 Å². The van der Waals surface area contributed by atoms with Gasteiger partial charge < -0.3 is 0 Å². The summed E-state index contributed by atoms with van der Waals surface area (Å²) in [6.07, 6.45) is 15.9. The summed E-state index contributed by atoms with van der Waals surface area (Å²) >= 11 is 0. The summed E-state index contributed by atoms with van der Waals surface area (Å²) in [5.41, 5.74) is 3.10. The Bertz CT molecular complexity index is 326. The first-order valence-electron chi connectivity index (χ1n) is 5.57. The van der Waals surface area contributed by atoms with Crippen LogP contribution in [-0.2, 0) is 0 Å². The molecule has 0 N–H and O–H groups in total. The summed E-state index contributed by atoms with van der Waals surface area (Å²) in [5.74, 6) is 1.70. The Morgan fingerprint density at radius 2 is 2.43 bits per heavy atom. The van der Waals surface area contributed by atoms with Crippen LogP contribution in [0.25, 0.3) is 0 Å². The highest BCUT2D eigenvalue weighted by Gasteiger charge is 2.39. The topological polar surface area (TPSA) is 0 Å². The van der Waals surface area contributed by atoms with E-state index in [1.165, 1.54) is 12.0 Å². The molecule has 0 bridgehead atoms. The molecule has 0 aromatic heterocycles. The van der Waals surface area contributed by atoms with Gasteiger partial charge in [-0.1, -0.05) is 43.4 Å². The molecule has 0 heterocycles. The molecule has 1 unspecified atom stereocenters. The number of rotatable bonds is 3. The van der Waals surface area contributed by atoms with Gasteiger partial charge in [-0.05, 0) is 42.7 Å². The molecule has 0 radical (unpaired) electrons. The third-order valence-electron chi connectivity index (χ3n) is 3.11. The van der Waals surface area contributed by atoms with Crippen LogP contribution < -0.4 is 0 Å². The summed E-state index contributed by atoms with van der Waals surface area (Å²) in [4.78, 5) is 0. The molecule has 0 nitrogen and oxygen atoms in total. The minimum Gasteiger partial charge on any atom is -0.0877 e. The second-order valence-electron chi connectivity index (χ2n) is 4.08. The molecule has 2 atom stereocenters. The lowest BCUT2D eigenvalue weighted by Crippen LogP contribution is -1.95. The van der Waals surface area contributed by atoms with Crippen molar-refractivity contribution in [2.24, 2.45) is 11.8 Å². The molecule has 2 aliphatic carbocycles. The predicted molar refractivity (Wildman–Crippen MR) is 62.0 cm³/mol. The first kappa shape index (κ1) is 9.51. The van der Waals surface area contributed by atoms with Crippen LogP contribution in [0.5, 0.6) is 0 Å². The maximum atomic E-state index is 2.34. The molecular formula is C14H18. The second kappa shape index (κ2) is 4.00. The highest BCUT2D eigenvalue weighted by molar-refractivity contribution is 5.44. The fourth-order valence-electron chi connectivity index (χ4n) is 2.19. The molecule has 0 aromatic carbocycles. The first-order valence-corrected chi connectivity index (χ1v) is 5.57. The van der Waals surface area contributed by atoms with Gasteiger partial charge in [0.15, 0.2) is 0 Å². The molecule has 0 aromatic rings. The second-order valence-corrected chi connectivity index (χ2v) is 4.08. The Hall–Kier alpha value is -1.04. The van der Waals surface area contributed by atoms with Gasteiger partial charge in [0.1, 0.15) is 0 Å². The van der Waals surface area contributed by atoms with Crippen molar-refractivity contribution >= 4 is 0 Å². The van der Waals surface area contributed by atoms with E-state index in [-0.39, 0.29) is 0 Å². The first-order chi connectivity index (χ1) is 6.86. The zero-order valence-corrected chi connectivity index (χ0v) is 9.03. The largest absolute Gasteiger partial charge is 0.0877 e. The summed E-state index contributed by atoms with van der Waals surface area (Å²) < 4.78 is 0. The summed E-state index contributed by atoms with van der Waals surface area (Å²) in [7, 11) is 0. The van der Waals surface area contributed by atoms with Crippen molar-refractivity contribution in [3.63, 3.8) is 0 Å². The van der Waals surface area contributed by atoms with Gasteiger partial charge in [0.2, 0.25) is 0 Å². The van der Waals surface area contributed by atoms with Gasteiger partial charge >= 0.3 is 0 Å². The number of allylic oxidation sites excluding steroid dienone is 8. The molecule has 0 saturated heterocycles. The highest BCUT2D eigenvalue weighted by atomic mass is 14.4. The lowest BCUT2D eigenvalue weighted by molar-refractivity contribution is 0.894. The normalized spacial score (nSPS) is 30.4. The van der Waals surface area contributed by atoms with Crippen molar-refractivity contribution in [2.75, 3.05) is 0 Å². The average molecular weight is 186 g/mol. The van der Waals surface area contributed by atoms with Crippen molar-refractivity contribution in [1.82, 2.24) is 0 Å². The monoisotopic (exact) mass is 186 g/mol. The van der Waals surface area contributed by atoms with Crippen molar-refractivity contribution in [2.45, 2.75) is 26.7 Å². The zero-order valence-electron chi connectivity index (χ0n) is 9.03. The Balaban J connectivity index is 2.19. The fraction of sp³-hybridized carbons (Fsp3) is 0.429. The zero-order chi connectivity index (χ0) is 9.97. The van der Waals surface area contributed by atoms with E-state index in [1.807, 2.05) is 0 Å². The molecule has 14 heavy (non-hydrogen) atoms. The molecule has 0 heteroatoms. The van der Waals surface area contributed by atoms with Gasteiger partial charge in [-0.3, -0.25) is 0 Å². The van der Waals surface area contributed by atoms with E-state index in [0.717, 1.165) is 18.3 Å². The van der Waals surface area contributed by atoms with E-state index >= 15 is 0 Å². The minimum atomic E-state index is 0.844. The highest BCUT2D eigenvalue weighted by Crippen LogP contribution is 2.49. The van der Waals surface area contributed by atoms with Gasteiger partial charge in [-0.15, -0.1) is 0 Å². The third kappa shape index (κ3) is 1.75. The van der Waals surface area contributed by atoms with Crippen molar-refractivity contribution in [3.05, 3.63) is 47.6 Å². The quantitative estimate of drug-likeness (QED) is 0.584. The Morgan fingerprint density at radius 3 is 3.14 bits per heavy atom. The maximum absolute atomic E-state index is 2.34. The van der Waals surface area contributed by atoms with E-state index in [0.29, 0.717) is 0 Å². The van der Waals surface area contributed by atoms with Gasteiger partial charge in [0.05, 0.1) is 0 Å². The van der Waals surface area contributed by atoms with E-state index in [2.05, 4.69) is 50.3 Å². The van der Waals surface area contributed by atoms with Crippen LogP contribution >= 0.6 is 0 Å². The molecule has 1 fully saturated rings. The summed E-state index contributed by atoms with van der Waals surface area (Å²) in [6, 6.07) is 0.